The Morgan fingerprint density at radius 1 is 1.20 bits per heavy atom. The average molecular weight is 266 g/mol. The van der Waals surface area contributed by atoms with Gasteiger partial charge >= 0.3 is 0 Å². The molecule has 2 heterocycles. The summed E-state index contributed by atoms with van der Waals surface area (Å²) in [4.78, 5) is 8.83. The second-order valence-electron chi connectivity index (χ2n) is 4.88. The Labute approximate surface area is 118 Å². The molecule has 0 spiro atoms. The van der Waals surface area contributed by atoms with Crippen molar-refractivity contribution >= 4 is 16.7 Å². The van der Waals surface area contributed by atoms with Gasteiger partial charge in [0.2, 0.25) is 0 Å². The second-order valence-corrected chi connectivity index (χ2v) is 4.88. The zero-order valence-corrected chi connectivity index (χ0v) is 11.6. The Balaban J connectivity index is 1.87. The first-order valence-corrected chi connectivity index (χ1v) is 6.91. The number of rotatable bonds is 4. The molecule has 2 aromatic heterocycles. The van der Waals surface area contributed by atoms with Crippen molar-refractivity contribution in [2.24, 2.45) is 0 Å². The summed E-state index contributed by atoms with van der Waals surface area (Å²) < 4.78 is 2.25. The smallest absolute Gasteiger partial charge is 0.110 e. The Hall–Kier alpha value is -2.36. The Morgan fingerprint density at radius 3 is 2.90 bits per heavy atom. The summed E-state index contributed by atoms with van der Waals surface area (Å²) >= 11 is 0. The summed E-state index contributed by atoms with van der Waals surface area (Å²) in [5.41, 5.74) is 10.0. The van der Waals surface area contributed by atoms with Crippen LogP contribution < -0.4 is 5.73 Å². The molecular formula is C16H18N4. The fraction of sp³-hybridized carbons (Fsp3) is 0.250. The number of nitrogens with two attached hydrogens (primary N) is 1. The monoisotopic (exact) mass is 266 g/mol. The van der Waals surface area contributed by atoms with Gasteiger partial charge in [0.05, 0.1) is 11.7 Å². The number of hydrogen-bond donors (Lipinski definition) is 1. The maximum Gasteiger partial charge on any atom is 0.110 e. The molecular weight excluding hydrogens is 248 g/mol. The molecule has 1 aromatic carbocycles. The van der Waals surface area contributed by atoms with E-state index in [2.05, 4.69) is 22.5 Å². The summed E-state index contributed by atoms with van der Waals surface area (Å²) in [6.45, 7) is 3.07. The molecule has 0 fully saturated rings. The minimum atomic E-state index is 0.815. The lowest BCUT2D eigenvalue weighted by Gasteiger charge is -2.06. The van der Waals surface area contributed by atoms with Crippen LogP contribution in [0.25, 0.3) is 11.0 Å². The molecule has 0 radical (unpaired) electrons. The van der Waals surface area contributed by atoms with Gasteiger partial charge in [-0.25, -0.2) is 4.98 Å². The zero-order valence-electron chi connectivity index (χ0n) is 11.6. The fourth-order valence-electron chi connectivity index (χ4n) is 2.58. The van der Waals surface area contributed by atoms with E-state index in [9.17, 15) is 0 Å². The van der Waals surface area contributed by atoms with Crippen molar-refractivity contribution in [1.29, 1.82) is 0 Å². The molecule has 0 saturated carbocycles. The van der Waals surface area contributed by atoms with Crippen LogP contribution in [0.2, 0.25) is 0 Å². The van der Waals surface area contributed by atoms with Crippen molar-refractivity contribution in [3.8, 4) is 0 Å². The molecule has 0 aliphatic rings. The van der Waals surface area contributed by atoms with Crippen molar-refractivity contribution in [2.45, 2.75) is 26.3 Å². The quantitative estimate of drug-likeness (QED) is 0.739. The molecule has 20 heavy (non-hydrogen) atoms. The number of aryl methyl sites for hydroxylation is 3. The third-order valence-electron chi connectivity index (χ3n) is 3.53. The molecule has 0 aliphatic carbocycles. The van der Waals surface area contributed by atoms with Gasteiger partial charge in [-0.2, -0.15) is 0 Å². The van der Waals surface area contributed by atoms with E-state index < -0.39 is 0 Å². The number of aromatic nitrogens is 3. The number of hydrogen-bond acceptors (Lipinski definition) is 3. The van der Waals surface area contributed by atoms with Gasteiger partial charge in [0.1, 0.15) is 11.3 Å². The predicted molar refractivity (Wildman–Crippen MR) is 81.5 cm³/mol. The van der Waals surface area contributed by atoms with Gasteiger partial charge in [-0.15, -0.1) is 0 Å². The molecule has 4 heteroatoms. The SMILES string of the molecule is CCn1c(CCc2cccc(N)c2)nc2cnccc21. The van der Waals surface area contributed by atoms with Crippen LogP contribution in [0, 0.1) is 0 Å². The van der Waals surface area contributed by atoms with Gasteiger partial charge in [0.15, 0.2) is 0 Å². The zero-order chi connectivity index (χ0) is 13.9. The number of nitrogen functional groups attached to an aromatic ring is 1. The molecule has 0 unspecified atom stereocenters. The number of fused-ring (bicyclic) bond motifs is 1. The fourth-order valence-corrected chi connectivity index (χ4v) is 2.58. The predicted octanol–water partition coefficient (Wildman–Crippen LogP) is 2.82. The average Bonchev–Trinajstić information content (AvgIpc) is 2.82. The van der Waals surface area contributed by atoms with Crippen molar-refractivity contribution in [1.82, 2.24) is 14.5 Å². The molecule has 3 aromatic rings. The van der Waals surface area contributed by atoms with Gasteiger partial charge in [0, 0.05) is 24.8 Å². The third kappa shape index (κ3) is 2.37. The third-order valence-corrected chi connectivity index (χ3v) is 3.53. The van der Waals surface area contributed by atoms with E-state index in [0.29, 0.717) is 0 Å². The van der Waals surface area contributed by atoms with Crippen LogP contribution in [-0.2, 0) is 19.4 Å². The molecule has 0 amide bonds. The van der Waals surface area contributed by atoms with Crippen LogP contribution in [0.3, 0.4) is 0 Å². The summed E-state index contributed by atoms with van der Waals surface area (Å²) in [7, 11) is 0. The first kappa shape index (κ1) is 12.7. The van der Waals surface area contributed by atoms with Crippen molar-refractivity contribution < 1.29 is 0 Å². The lowest BCUT2D eigenvalue weighted by atomic mass is 10.1. The molecule has 4 nitrogen and oxygen atoms in total. The second kappa shape index (κ2) is 5.33. The molecule has 2 N–H and O–H groups in total. The van der Waals surface area contributed by atoms with Crippen molar-refractivity contribution in [3.63, 3.8) is 0 Å². The number of nitrogens with zero attached hydrogens (tertiary/aromatic N) is 3. The Kier molecular flexibility index (Phi) is 3.37. The molecule has 0 bridgehead atoms. The molecule has 0 atom stereocenters. The Bertz CT molecular complexity index is 730. The van der Waals surface area contributed by atoms with E-state index >= 15 is 0 Å². The minimum Gasteiger partial charge on any atom is -0.399 e. The van der Waals surface area contributed by atoms with Gasteiger partial charge in [-0.05, 0) is 37.1 Å². The highest BCUT2D eigenvalue weighted by molar-refractivity contribution is 5.74. The molecule has 0 aliphatic heterocycles. The normalized spacial score (nSPS) is 11.1. The van der Waals surface area contributed by atoms with Gasteiger partial charge < -0.3 is 10.3 Å². The highest BCUT2D eigenvalue weighted by Crippen LogP contribution is 2.17. The van der Waals surface area contributed by atoms with E-state index in [1.54, 1.807) is 0 Å². The minimum absolute atomic E-state index is 0.815. The lowest BCUT2D eigenvalue weighted by Crippen LogP contribution is -2.03. The number of imidazole rings is 1. The van der Waals surface area contributed by atoms with E-state index in [-0.39, 0.29) is 0 Å². The van der Waals surface area contributed by atoms with Crippen LogP contribution in [-0.4, -0.2) is 14.5 Å². The van der Waals surface area contributed by atoms with Crippen molar-refractivity contribution in [2.75, 3.05) is 5.73 Å². The van der Waals surface area contributed by atoms with E-state index in [0.717, 1.165) is 41.9 Å². The van der Waals surface area contributed by atoms with Crippen molar-refractivity contribution in [3.05, 3.63) is 54.1 Å². The van der Waals surface area contributed by atoms with Gasteiger partial charge in [-0.3, -0.25) is 4.98 Å². The van der Waals surface area contributed by atoms with Crippen LogP contribution in [0.1, 0.15) is 18.3 Å². The van der Waals surface area contributed by atoms with Gasteiger partial charge in [0.25, 0.3) is 0 Å². The first-order valence-electron chi connectivity index (χ1n) is 6.91. The van der Waals surface area contributed by atoms with E-state index in [1.165, 1.54) is 5.56 Å². The highest BCUT2D eigenvalue weighted by atomic mass is 15.1. The van der Waals surface area contributed by atoms with E-state index in [4.69, 9.17) is 10.7 Å². The summed E-state index contributed by atoms with van der Waals surface area (Å²) in [5, 5.41) is 0. The summed E-state index contributed by atoms with van der Waals surface area (Å²) in [6, 6.07) is 10.1. The van der Waals surface area contributed by atoms with Crippen LogP contribution >= 0.6 is 0 Å². The maximum atomic E-state index is 5.82. The van der Waals surface area contributed by atoms with E-state index in [1.807, 2.05) is 36.7 Å². The van der Waals surface area contributed by atoms with Crippen LogP contribution in [0.4, 0.5) is 5.69 Å². The lowest BCUT2D eigenvalue weighted by molar-refractivity contribution is 0.707. The molecule has 0 saturated heterocycles. The first-order chi connectivity index (χ1) is 9.78. The summed E-state index contributed by atoms with van der Waals surface area (Å²) in [6.07, 6.45) is 5.50. The van der Waals surface area contributed by atoms with Crippen LogP contribution in [0.5, 0.6) is 0 Å². The Morgan fingerprint density at radius 2 is 2.10 bits per heavy atom. The maximum absolute atomic E-state index is 5.82. The topological polar surface area (TPSA) is 56.7 Å². The number of benzene rings is 1. The number of anilines is 1. The molecule has 102 valence electrons. The standard InChI is InChI=1S/C16H18N4/c1-2-20-15-8-9-18-11-14(15)19-16(20)7-6-12-4-3-5-13(17)10-12/h3-5,8-11H,2,6-7,17H2,1H3. The number of pyridine rings is 1. The molecule has 3 rings (SSSR count). The summed E-state index contributed by atoms with van der Waals surface area (Å²) in [5.74, 6) is 1.11. The van der Waals surface area contributed by atoms with Crippen LogP contribution in [0.15, 0.2) is 42.7 Å². The highest BCUT2D eigenvalue weighted by Gasteiger charge is 2.09. The largest absolute Gasteiger partial charge is 0.399 e. The van der Waals surface area contributed by atoms with Gasteiger partial charge in [-0.1, -0.05) is 12.1 Å².